The van der Waals surface area contributed by atoms with Crippen molar-refractivity contribution in [2.45, 2.75) is 83.5 Å². The Hall–Kier alpha value is -1.80. The predicted octanol–water partition coefficient (Wildman–Crippen LogP) is 8.76. The second kappa shape index (κ2) is 14.4. The zero-order valence-corrected chi connectivity index (χ0v) is 27.9. The molecule has 218 valence electrons. The topological polar surface area (TPSA) is 52.6 Å². The largest absolute Gasteiger partial charge is 0.468 e. The maximum atomic E-state index is 12.7. The molecule has 1 aliphatic carbocycles. The summed E-state index contributed by atoms with van der Waals surface area (Å²) in [6, 6.07) is 15.2. The van der Waals surface area contributed by atoms with Crippen LogP contribution in [0, 0.1) is 0 Å². The van der Waals surface area contributed by atoms with Crippen molar-refractivity contribution in [1.82, 2.24) is 0 Å². The van der Waals surface area contributed by atoms with Crippen molar-refractivity contribution in [3.05, 3.63) is 70.7 Å². The fourth-order valence-corrected chi connectivity index (χ4v) is 8.22. The zero-order valence-electron chi connectivity index (χ0n) is 25.3. The van der Waals surface area contributed by atoms with Gasteiger partial charge in [0.1, 0.15) is 0 Å². The molecule has 1 aliphatic rings. The molecule has 0 fully saturated rings. The lowest BCUT2D eigenvalue weighted by Crippen LogP contribution is -2.48. The number of benzene rings is 2. The number of allylic oxidation sites excluding steroid dienone is 3. The number of carbonyl (C=O) groups excluding carboxylic acids is 2. The van der Waals surface area contributed by atoms with Crippen molar-refractivity contribution in [3.8, 4) is 0 Å². The SMILES string of the molecule is COC(=O)CSCCCSC1=C(C=CC(C)(CCc2ccc3ccccc3c2)O[Si](C)(C)C(C)(C)C)CCC1=O. The number of aryl methyl sites for hydroxylation is 1. The minimum absolute atomic E-state index is 0.0977. The fourth-order valence-electron chi connectivity index (χ4n) is 4.50. The highest BCUT2D eigenvalue weighted by molar-refractivity contribution is 8.04. The Bertz CT molecular complexity index is 1240. The minimum atomic E-state index is -2.05. The number of ketones is 1. The van der Waals surface area contributed by atoms with E-state index in [0.717, 1.165) is 47.7 Å². The molecule has 0 saturated carbocycles. The molecule has 0 heterocycles. The molecule has 0 saturated heterocycles. The Morgan fingerprint density at radius 3 is 2.45 bits per heavy atom. The molecule has 7 heteroatoms. The van der Waals surface area contributed by atoms with E-state index in [1.807, 2.05) is 0 Å². The van der Waals surface area contributed by atoms with E-state index in [4.69, 9.17) is 9.16 Å². The average Bonchev–Trinajstić information content (AvgIpc) is 3.26. The normalized spacial score (nSPS) is 16.2. The second-order valence-corrected chi connectivity index (χ2v) is 19.2. The van der Waals surface area contributed by atoms with Gasteiger partial charge in [-0.05, 0) is 84.2 Å². The van der Waals surface area contributed by atoms with Crippen LogP contribution in [0.4, 0.5) is 0 Å². The monoisotopic (exact) mass is 598 g/mol. The molecule has 3 rings (SSSR count). The van der Waals surface area contributed by atoms with Gasteiger partial charge in [-0.1, -0.05) is 75.4 Å². The van der Waals surface area contributed by atoms with Crippen LogP contribution >= 0.6 is 23.5 Å². The van der Waals surface area contributed by atoms with Gasteiger partial charge in [-0.2, -0.15) is 11.8 Å². The van der Waals surface area contributed by atoms with Crippen LogP contribution in [0.1, 0.15) is 58.9 Å². The molecule has 0 amide bonds. The summed E-state index contributed by atoms with van der Waals surface area (Å²) in [6.07, 6.45) is 8.50. The van der Waals surface area contributed by atoms with Gasteiger partial charge in [-0.3, -0.25) is 9.59 Å². The van der Waals surface area contributed by atoms with Crippen LogP contribution in [0.2, 0.25) is 18.1 Å². The van der Waals surface area contributed by atoms with E-state index in [0.29, 0.717) is 12.2 Å². The molecule has 2 aromatic rings. The molecule has 0 N–H and O–H groups in total. The van der Waals surface area contributed by atoms with Crippen LogP contribution in [-0.4, -0.2) is 50.0 Å². The van der Waals surface area contributed by atoms with Crippen molar-refractivity contribution >= 4 is 54.4 Å². The summed E-state index contributed by atoms with van der Waals surface area (Å²) < 4.78 is 11.8. The first-order valence-electron chi connectivity index (χ1n) is 14.2. The van der Waals surface area contributed by atoms with Crippen LogP contribution < -0.4 is 0 Å². The van der Waals surface area contributed by atoms with Gasteiger partial charge in [0, 0.05) is 6.42 Å². The Balaban J connectivity index is 1.75. The van der Waals surface area contributed by atoms with Crippen molar-refractivity contribution in [2.75, 3.05) is 24.4 Å². The summed E-state index contributed by atoms with van der Waals surface area (Å²) in [5.41, 5.74) is 2.01. The first-order chi connectivity index (χ1) is 18.8. The van der Waals surface area contributed by atoms with E-state index in [-0.39, 0.29) is 16.8 Å². The number of carbonyl (C=O) groups is 2. The van der Waals surface area contributed by atoms with Gasteiger partial charge >= 0.3 is 5.97 Å². The molecule has 0 aromatic heterocycles. The number of thioether (sulfide) groups is 2. The van der Waals surface area contributed by atoms with Crippen LogP contribution in [0.25, 0.3) is 10.8 Å². The molecule has 0 bridgehead atoms. The fraction of sp³-hybridized carbons (Fsp3) is 0.515. The van der Waals surface area contributed by atoms with E-state index in [1.54, 1.807) is 23.5 Å². The van der Waals surface area contributed by atoms with Gasteiger partial charge in [-0.25, -0.2) is 0 Å². The third-order valence-electron chi connectivity index (χ3n) is 7.95. The molecular formula is C33H46O4S2Si. The third kappa shape index (κ3) is 9.36. The molecule has 0 spiro atoms. The standard InChI is InChI=1S/C33H46O4S2Si/c1-32(2,3)40(6,7)37-33(4,19-17-25-13-14-26-11-8-9-12-28(26)23-25)20-18-27-15-16-29(34)31(27)39-22-10-21-38-24-30(35)36-5/h8-9,11-14,18,20,23H,10,15-17,19,21-22,24H2,1-7H3. The number of esters is 1. The molecular weight excluding hydrogens is 553 g/mol. The minimum Gasteiger partial charge on any atom is -0.468 e. The number of rotatable bonds is 14. The van der Waals surface area contributed by atoms with E-state index >= 15 is 0 Å². The summed E-state index contributed by atoms with van der Waals surface area (Å²) in [6.45, 7) is 13.7. The smallest absolute Gasteiger partial charge is 0.315 e. The van der Waals surface area contributed by atoms with Gasteiger partial charge in [0.15, 0.2) is 14.1 Å². The quantitative estimate of drug-likeness (QED) is 0.123. The lowest BCUT2D eigenvalue weighted by molar-refractivity contribution is -0.137. The van der Waals surface area contributed by atoms with Crippen molar-refractivity contribution in [2.24, 2.45) is 0 Å². The number of ether oxygens (including phenoxy) is 1. The number of hydrogen-bond acceptors (Lipinski definition) is 6. The van der Waals surface area contributed by atoms with Gasteiger partial charge in [-0.15, -0.1) is 11.8 Å². The van der Waals surface area contributed by atoms with E-state index < -0.39 is 13.9 Å². The van der Waals surface area contributed by atoms with Crippen LogP contribution in [0.3, 0.4) is 0 Å². The van der Waals surface area contributed by atoms with E-state index in [1.165, 1.54) is 23.4 Å². The van der Waals surface area contributed by atoms with Gasteiger partial charge < -0.3 is 9.16 Å². The van der Waals surface area contributed by atoms with Crippen molar-refractivity contribution in [1.29, 1.82) is 0 Å². The van der Waals surface area contributed by atoms with Crippen LogP contribution in [0.5, 0.6) is 0 Å². The summed E-state index contributed by atoms with van der Waals surface area (Å²) >= 11 is 3.24. The Labute approximate surface area is 250 Å². The molecule has 4 nitrogen and oxygen atoms in total. The molecule has 1 unspecified atom stereocenters. The number of methoxy groups -OCH3 is 1. The van der Waals surface area contributed by atoms with E-state index in [2.05, 4.69) is 95.4 Å². The predicted molar refractivity (Wildman–Crippen MR) is 176 cm³/mol. The Morgan fingerprint density at radius 1 is 1.02 bits per heavy atom. The summed E-state index contributed by atoms with van der Waals surface area (Å²) in [7, 11) is -0.635. The highest BCUT2D eigenvalue weighted by Gasteiger charge is 2.42. The first kappa shape index (κ1) is 32.7. The number of hydrogen-bond donors (Lipinski definition) is 0. The van der Waals surface area contributed by atoms with Crippen LogP contribution in [-0.2, 0) is 25.2 Å². The lowest BCUT2D eigenvalue weighted by Gasteiger charge is -2.43. The van der Waals surface area contributed by atoms with Gasteiger partial charge in [0.25, 0.3) is 0 Å². The lowest BCUT2D eigenvalue weighted by atomic mass is 9.94. The maximum Gasteiger partial charge on any atom is 0.315 e. The van der Waals surface area contributed by atoms with E-state index in [9.17, 15) is 9.59 Å². The van der Waals surface area contributed by atoms with Crippen LogP contribution in [0.15, 0.2) is 65.1 Å². The maximum absolute atomic E-state index is 12.7. The molecule has 0 radical (unpaired) electrons. The van der Waals surface area contributed by atoms with Gasteiger partial charge in [0.05, 0.1) is 23.4 Å². The zero-order chi connectivity index (χ0) is 29.4. The number of Topliss-reactive ketones (excluding diaryl/α,β-unsaturated/α-hetero) is 1. The molecule has 1 atom stereocenters. The summed E-state index contributed by atoms with van der Waals surface area (Å²) in [5.74, 6) is 2.18. The Morgan fingerprint density at radius 2 is 1.75 bits per heavy atom. The third-order valence-corrected chi connectivity index (χ3v) is 14.8. The molecule has 2 aromatic carbocycles. The highest BCUT2D eigenvalue weighted by Crippen LogP contribution is 2.41. The number of fused-ring (bicyclic) bond motifs is 1. The first-order valence-corrected chi connectivity index (χ1v) is 19.3. The molecule has 0 aliphatic heterocycles. The summed E-state index contributed by atoms with van der Waals surface area (Å²) in [5, 5.41) is 2.62. The molecule has 40 heavy (non-hydrogen) atoms. The highest BCUT2D eigenvalue weighted by atomic mass is 32.2. The second-order valence-electron chi connectivity index (χ2n) is 12.3. The average molecular weight is 599 g/mol. The van der Waals surface area contributed by atoms with Gasteiger partial charge in [0.2, 0.25) is 0 Å². The van der Waals surface area contributed by atoms with Crippen molar-refractivity contribution < 1.29 is 18.8 Å². The summed E-state index contributed by atoms with van der Waals surface area (Å²) in [4.78, 5) is 24.9. The van der Waals surface area contributed by atoms with Crippen molar-refractivity contribution in [3.63, 3.8) is 0 Å². The Kier molecular flexibility index (Phi) is 11.8.